The molecule has 0 bridgehead atoms. The number of anilines is 1. The van der Waals surface area contributed by atoms with Crippen molar-refractivity contribution in [1.29, 1.82) is 0 Å². The van der Waals surface area contributed by atoms with Gasteiger partial charge in [0.1, 0.15) is 5.75 Å². The summed E-state index contributed by atoms with van der Waals surface area (Å²) in [7, 11) is 2.00. The van der Waals surface area contributed by atoms with E-state index >= 15 is 0 Å². The van der Waals surface area contributed by atoms with Crippen LogP contribution in [-0.2, 0) is 0 Å². The maximum absolute atomic E-state index is 11.3. The summed E-state index contributed by atoms with van der Waals surface area (Å²) in [5.41, 5.74) is 1.43. The number of hydrogen-bond donors (Lipinski definition) is 1. The van der Waals surface area contributed by atoms with E-state index in [-0.39, 0.29) is 16.9 Å². The Morgan fingerprint density at radius 3 is 2.28 bits per heavy atom. The smallest absolute Gasteiger partial charge is 0.163 e. The predicted octanol–water partition coefficient (Wildman–Crippen LogP) is 3.47. The molecule has 1 aromatic rings. The molecule has 0 aliphatic heterocycles. The molecule has 0 radical (unpaired) electrons. The van der Waals surface area contributed by atoms with Gasteiger partial charge in [0.05, 0.1) is 5.56 Å². The fourth-order valence-electron chi connectivity index (χ4n) is 1.84. The number of carbonyl (C=O) groups excluding carboxylic acids is 1. The van der Waals surface area contributed by atoms with Crippen molar-refractivity contribution < 1.29 is 9.90 Å². The van der Waals surface area contributed by atoms with Crippen molar-refractivity contribution in [2.45, 2.75) is 40.7 Å². The first-order valence-corrected chi connectivity index (χ1v) is 6.21. The number of hydrogen-bond acceptors (Lipinski definition) is 3. The SMILES string of the molecule is CC(=O)c1ccc(N(C)C(C)C(C)(C)C)cc1O. The molecule has 0 fully saturated rings. The molecule has 100 valence electrons. The molecular formula is C15H23NO2. The third-order valence-corrected chi connectivity index (χ3v) is 3.60. The lowest BCUT2D eigenvalue weighted by Crippen LogP contribution is -2.39. The molecule has 1 N–H and O–H groups in total. The molecule has 1 rings (SSSR count). The highest BCUT2D eigenvalue weighted by atomic mass is 16.3. The summed E-state index contributed by atoms with van der Waals surface area (Å²) in [4.78, 5) is 13.4. The number of phenols is 1. The fraction of sp³-hybridized carbons (Fsp3) is 0.533. The van der Waals surface area contributed by atoms with Gasteiger partial charge in [-0.2, -0.15) is 0 Å². The normalized spacial score (nSPS) is 13.2. The number of aromatic hydroxyl groups is 1. The minimum Gasteiger partial charge on any atom is -0.507 e. The Balaban J connectivity index is 3.05. The van der Waals surface area contributed by atoms with Crippen LogP contribution in [-0.4, -0.2) is 24.0 Å². The van der Waals surface area contributed by atoms with Gasteiger partial charge in [-0.15, -0.1) is 0 Å². The molecule has 0 aromatic heterocycles. The maximum atomic E-state index is 11.3. The third-order valence-electron chi connectivity index (χ3n) is 3.60. The molecular weight excluding hydrogens is 226 g/mol. The fourth-order valence-corrected chi connectivity index (χ4v) is 1.84. The van der Waals surface area contributed by atoms with Gasteiger partial charge in [-0.1, -0.05) is 20.8 Å². The first-order valence-electron chi connectivity index (χ1n) is 6.21. The lowest BCUT2D eigenvalue weighted by Gasteiger charge is -2.37. The molecule has 3 heteroatoms. The summed E-state index contributed by atoms with van der Waals surface area (Å²) >= 11 is 0. The molecule has 0 saturated heterocycles. The standard InChI is InChI=1S/C15H23NO2/c1-10(17)13-8-7-12(9-14(13)18)16(6)11(2)15(3,4)5/h7-9,11,18H,1-6H3. The zero-order valence-electron chi connectivity index (χ0n) is 12.1. The van der Waals surface area contributed by atoms with Crippen LogP contribution in [0.2, 0.25) is 0 Å². The number of benzene rings is 1. The van der Waals surface area contributed by atoms with Gasteiger partial charge >= 0.3 is 0 Å². The van der Waals surface area contributed by atoms with Crippen LogP contribution in [0.3, 0.4) is 0 Å². The molecule has 1 unspecified atom stereocenters. The van der Waals surface area contributed by atoms with Crippen LogP contribution in [0, 0.1) is 5.41 Å². The van der Waals surface area contributed by atoms with Crippen molar-refractivity contribution >= 4 is 11.5 Å². The average molecular weight is 249 g/mol. The summed E-state index contributed by atoms with van der Waals surface area (Å²) in [6.45, 7) is 10.1. The van der Waals surface area contributed by atoms with Gasteiger partial charge in [-0.05, 0) is 31.4 Å². The molecule has 1 aromatic carbocycles. The van der Waals surface area contributed by atoms with E-state index in [9.17, 15) is 9.90 Å². The van der Waals surface area contributed by atoms with Crippen LogP contribution in [0.15, 0.2) is 18.2 Å². The molecule has 1 atom stereocenters. The Bertz CT molecular complexity index is 446. The minimum atomic E-state index is -0.120. The Morgan fingerprint density at radius 1 is 1.33 bits per heavy atom. The van der Waals surface area contributed by atoms with E-state index in [0.717, 1.165) is 5.69 Å². The summed E-state index contributed by atoms with van der Waals surface area (Å²) in [6.07, 6.45) is 0. The molecule has 0 heterocycles. The molecule has 0 aliphatic rings. The largest absolute Gasteiger partial charge is 0.507 e. The number of Topliss-reactive ketones (excluding diaryl/α,β-unsaturated/α-hetero) is 1. The van der Waals surface area contributed by atoms with E-state index in [1.165, 1.54) is 6.92 Å². The Kier molecular flexibility index (Phi) is 4.05. The van der Waals surface area contributed by atoms with E-state index in [0.29, 0.717) is 11.6 Å². The maximum Gasteiger partial charge on any atom is 0.163 e. The van der Waals surface area contributed by atoms with E-state index in [1.807, 2.05) is 13.1 Å². The second kappa shape index (κ2) is 5.01. The first-order chi connectivity index (χ1) is 8.14. The number of rotatable bonds is 3. The highest BCUT2D eigenvalue weighted by Crippen LogP contribution is 2.30. The van der Waals surface area contributed by atoms with Crippen LogP contribution in [0.25, 0.3) is 0 Å². The van der Waals surface area contributed by atoms with Crippen LogP contribution in [0.1, 0.15) is 45.0 Å². The highest BCUT2D eigenvalue weighted by molar-refractivity contribution is 5.97. The highest BCUT2D eigenvalue weighted by Gasteiger charge is 2.24. The number of phenolic OH excluding ortho intramolecular Hbond substituents is 1. The summed E-state index contributed by atoms with van der Waals surface area (Å²) in [5, 5.41) is 9.85. The topological polar surface area (TPSA) is 40.5 Å². The second-order valence-corrected chi connectivity index (χ2v) is 5.91. The van der Waals surface area contributed by atoms with Crippen molar-refractivity contribution in [1.82, 2.24) is 0 Å². The van der Waals surface area contributed by atoms with Crippen molar-refractivity contribution in [2.75, 3.05) is 11.9 Å². The molecule has 3 nitrogen and oxygen atoms in total. The van der Waals surface area contributed by atoms with Crippen molar-refractivity contribution in [3.05, 3.63) is 23.8 Å². The Morgan fingerprint density at radius 2 is 1.89 bits per heavy atom. The molecule has 0 saturated carbocycles. The van der Waals surface area contributed by atoms with Gasteiger partial charge in [0.2, 0.25) is 0 Å². The number of ketones is 1. The van der Waals surface area contributed by atoms with Crippen LogP contribution in [0.4, 0.5) is 5.69 Å². The second-order valence-electron chi connectivity index (χ2n) is 5.91. The molecule has 0 spiro atoms. The van der Waals surface area contributed by atoms with Gasteiger partial charge in [0.25, 0.3) is 0 Å². The van der Waals surface area contributed by atoms with Gasteiger partial charge in [-0.25, -0.2) is 0 Å². The monoisotopic (exact) mass is 249 g/mol. The van der Waals surface area contributed by atoms with Gasteiger partial charge in [-0.3, -0.25) is 4.79 Å². The predicted molar refractivity (Wildman–Crippen MR) is 75.4 cm³/mol. The molecule has 0 amide bonds. The lowest BCUT2D eigenvalue weighted by molar-refractivity contribution is 0.101. The quantitative estimate of drug-likeness (QED) is 0.834. The van der Waals surface area contributed by atoms with Crippen LogP contribution < -0.4 is 4.90 Å². The summed E-state index contributed by atoms with van der Waals surface area (Å²) in [5.74, 6) is -0.0708. The number of carbonyl (C=O) groups is 1. The van der Waals surface area contributed by atoms with Crippen molar-refractivity contribution in [3.8, 4) is 5.75 Å². The van der Waals surface area contributed by atoms with Crippen LogP contribution >= 0.6 is 0 Å². The van der Waals surface area contributed by atoms with Gasteiger partial charge in [0.15, 0.2) is 5.78 Å². The lowest BCUT2D eigenvalue weighted by atomic mass is 9.87. The van der Waals surface area contributed by atoms with E-state index in [1.54, 1.807) is 12.1 Å². The van der Waals surface area contributed by atoms with Gasteiger partial charge in [0, 0.05) is 24.8 Å². The van der Waals surface area contributed by atoms with Crippen molar-refractivity contribution in [2.24, 2.45) is 5.41 Å². The minimum absolute atomic E-state index is 0.0490. The van der Waals surface area contributed by atoms with Crippen molar-refractivity contribution in [3.63, 3.8) is 0 Å². The van der Waals surface area contributed by atoms with Crippen LogP contribution in [0.5, 0.6) is 5.75 Å². The molecule has 0 aliphatic carbocycles. The first kappa shape index (κ1) is 14.6. The molecule has 18 heavy (non-hydrogen) atoms. The van der Waals surface area contributed by atoms with Gasteiger partial charge < -0.3 is 10.0 Å². The Hall–Kier alpha value is -1.51. The van der Waals surface area contributed by atoms with E-state index in [2.05, 4.69) is 32.6 Å². The summed E-state index contributed by atoms with van der Waals surface area (Å²) in [6, 6.07) is 5.52. The average Bonchev–Trinajstić information content (AvgIpc) is 2.25. The summed E-state index contributed by atoms with van der Waals surface area (Å²) < 4.78 is 0. The number of nitrogens with zero attached hydrogens (tertiary/aromatic N) is 1. The van der Waals surface area contributed by atoms with E-state index < -0.39 is 0 Å². The third kappa shape index (κ3) is 3.03. The zero-order valence-corrected chi connectivity index (χ0v) is 12.1. The zero-order chi connectivity index (χ0) is 14.1. The Labute approximate surface area is 109 Å². The van der Waals surface area contributed by atoms with E-state index in [4.69, 9.17) is 0 Å².